The Kier molecular flexibility index (Phi) is 5.50. The molecule has 0 amide bonds. The van der Waals surface area contributed by atoms with Gasteiger partial charge in [-0.05, 0) is 63.0 Å². The number of ketones is 1. The summed E-state index contributed by atoms with van der Waals surface area (Å²) in [7, 11) is 0. The van der Waals surface area contributed by atoms with Gasteiger partial charge in [-0.2, -0.15) is 0 Å². The Labute approximate surface area is 136 Å². The first-order valence-electron chi connectivity index (χ1n) is 7.78. The average Bonchev–Trinajstić information content (AvgIpc) is 2.93. The summed E-state index contributed by atoms with van der Waals surface area (Å²) < 4.78 is 5.72. The second-order valence-corrected chi connectivity index (χ2v) is 6.15. The SMILES string of the molecule is CC(=C/C(=O)c1ccc[nH]1)/C=C/C1OC1(C)CC/C=C(\C)C=O. The second-order valence-electron chi connectivity index (χ2n) is 6.15. The standard InChI is InChI=1S/C19H23NO3/c1-14(12-17(22)16-7-5-11-20-16)8-9-18-19(3,23-18)10-4-6-15(2)13-21/h5-9,11-13,18,20H,4,10H2,1-3H3/b9-8+,14-12-,15-6+. The zero-order valence-electron chi connectivity index (χ0n) is 13.8. The normalized spacial score (nSPS) is 24.9. The molecule has 1 aromatic rings. The lowest BCUT2D eigenvalue weighted by Gasteiger charge is -2.02. The summed E-state index contributed by atoms with van der Waals surface area (Å²) in [5.41, 5.74) is 2.06. The predicted octanol–water partition coefficient (Wildman–Crippen LogP) is 3.78. The van der Waals surface area contributed by atoms with Crippen molar-refractivity contribution in [3.63, 3.8) is 0 Å². The maximum absolute atomic E-state index is 11.9. The van der Waals surface area contributed by atoms with Crippen LogP contribution in [0.1, 0.15) is 44.1 Å². The molecule has 2 unspecified atom stereocenters. The Morgan fingerprint density at radius 3 is 2.83 bits per heavy atom. The van der Waals surface area contributed by atoms with Gasteiger partial charge >= 0.3 is 0 Å². The minimum Gasteiger partial charge on any atom is -0.362 e. The number of epoxide rings is 1. The first-order chi connectivity index (χ1) is 10.9. The van der Waals surface area contributed by atoms with Gasteiger partial charge in [-0.1, -0.05) is 18.2 Å². The minimum absolute atomic E-state index is 0.0360. The lowest BCUT2D eigenvalue weighted by Crippen LogP contribution is -2.07. The van der Waals surface area contributed by atoms with Crippen LogP contribution in [0, 0.1) is 0 Å². The fourth-order valence-corrected chi connectivity index (χ4v) is 2.39. The molecule has 1 N–H and O–H groups in total. The number of aromatic nitrogens is 1. The number of H-pyrrole nitrogens is 1. The van der Waals surface area contributed by atoms with Crippen LogP contribution < -0.4 is 0 Å². The number of hydrogen-bond acceptors (Lipinski definition) is 3. The number of aromatic amines is 1. The summed E-state index contributed by atoms with van der Waals surface area (Å²) in [4.78, 5) is 25.4. The molecule has 23 heavy (non-hydrogen) atoms. The lowest BCUT2D eigenvalue weighted by atomic mass is 10.00. The third-order valence-corrected chi connectivity index (χ3v) is 3.99. The van der Waals surface area contributed by atoms with E-state index in [0.717, 1.165) is 30.3 Å². The van der Waals surface area contributed by atoms with Crippen LogP contribution in [0.15, 0.2) is 53.8 Å². The molecule has 2 rings (SSSR count). The third-order valence-electron chi connectivity index (χ3n) is 3.99. The molecule has 0 radical (unpaired) electrons. The van der Waals surface area contributed by atoms with E-state index in [9.17, 15) is 9.59 Å². The van der Waals surface area contributed by atoms with Crippen LogP contribution in [0.4, 0.5) is 0 Å². The molecule has 2 heterocycles. The highest BCUT2D eigenvalue weighted by molar-refractivity contribution is 6.03. The number of nitrogens with one attached hydrogen (secondary N) is 1. The predicted molar refractivity (Wildman–Crippen MR) is 90.4 cm³/mol. The summed E-state index contributed by atoms with van der Waals surface area (Å²) in [6, 6.07) is 3.56. The first kappa shape index (κ1) is 17.2. The molecule has 0 saturated carbocycles. The molecule has 4 heteroatoms. The van der Waals surface area contributed by atoms with E-state index in [2.05, 4.69) is 11.9 Å². The van der Waals surface area contributed by atoms with Gasteiger partial charge in [-0.25, -0.2) is 0 Å². The number of allylic oxidation sites excluding steroid dienone is 5. The summed E-state index contributed by atoms with van der Waals surface area (Å²) >= 11 is 0. The van der Waals surface area contributed by atoms with E-state index in [0.29, 0.717) is 5.69 Å². The highest BCUT2D eigenvalue weighted by Crippen LogP contribution is 2.41. The summed E-state index contributed by atoms with van der Waals surface area (Å²) in [6.07, 6.45) is 11.8. The van der Waals surface area contributed by atoms with Crippen molar-refractivity contribution < 1.29 is 14.3 Å². The first-order valence-corrected chi connectivity index (χ1v) is 7.78. The highest BCUT2D eigenvalue weighted by atomic mass is 16.6. The van der Waals surface area contributed by atoms with Crippen molar-refractivity contribution >= 4 is 12.1 Å². The summed E-state index contributed by atoms with van der Waals surface area (Å²) in [5, 5.41) is 0. The van der Waals surface area contributed by atoms with Gasteiger partial charge in [0.2, 0.25) is 5.78 Å². The average molecular weight is 313 g/mol. The van der Waals surface area contributed by atoms with Gasteiger partial charge in [0.15, 0.2) is 0 Å². The Morgan fingerprint density at radius 2 is 2.17 bits per heavy atom. The van der Waals surface area contributed by atoms with E-state index in [-0.39, 0.29) is 17.5 Å². The van der Waals surface area contributed by atoms with Crippen LogP contribution in [0.2, 0.25) is 0 Å². The van der Waals surface area contributed by atoms with Crippen LogP contribution >= 0.6 is 0 Å². The minimum atomic E-state index is -0.167. The second kappa shape index (κ2) is 7.38. The molecule has 0 spiro atoms. The molecule has 0 aliphatic carbocycles. The Morgan fingerprint density at radius 1 is 1.39 bits per heavy atom. The van der Waals surface area contributed by atoms with E-state index in [1.54, 1.807) is 31.3 Å². The Hall–Kier alpha value is -2.20. The molecule has 0 aromatic carbocycles. The van der Waals surface area contributed by atoms with Crippen molar-refractivity contribution in [2.45, 2.75) is 45.3 Å². The molecule has 1 aliphatic heterocycles. The van der Waals surface area contributed by atoms with Crippen molar-refractivity contribution in [2.75, 3.05) is 0 Å². The monoisotopic (exact) mass is 313 g/mol. The molecule has 2 atom stereocenters. The maximum Gasteiger partial charge on any atom is 0.202 e. The molecular formula is C19H23NO3. The number of aldehydes is 1. The molecule has 0 bridgehead atoms. The summed E-state index contributed by atoms with van der Waals surface area (Å²) in [5.74, 6) is -0.0360. The molecular weight excluding hydrogens is 290 g/mol. The van der Waals surface area contributed by atoms with E-state index < -0.39 is 0 Å². The molecule has 122 valence electrons. The van der Waals surface area contributed by atoms with E-state index >= 15 is 0 Å². The molecule has 1 saturated heterocycles. The van der Waals surface area contributed by atoms with Gasteiger partial charge in [0.05, 0.1) is 11.3 Å². The van der Waals surface area contributed by atoms with Gasteiger partial charge in [-0.15, -0.1) is 0 Å². The number of rotatable bonds is 8. The number of carbonyl (C=O) groups is 2. The zero-order valence-corrected chi connectivity index (χ0v) is 13.8. The topological polar surface area (TPSA) is 62.5 Å². The largest absolute Gasteiger partial charge is 0.362 e. The van der Waals surface area contributed by atoms with Crippen LogP contribution in [-0.2, 0) is 9.53 Å². The molecule has 1 aromatic heterocycles. The fourth-order valence-electron chi connectivity index (χ4n) is 2.39. The molecule has 1 fully saturated rings. The smallest absolute Gasteiger partial charge is 0.202 e. The lowest BCUT2D eigenvalue weighted by molar-refractivity contribution is -0.104. The van der Waals surface area contributed by atoms with Gasteiger partial charge in [0.1, 0.15) is 12.4 Å². The van der Waals surface area contributed by atoms with Crippen molar-refractivity contribution in [2.24, 2.45) is 0 Å². The van der Waals surface area contributed by atoms with Crippen LogP contribution in [0.5, 0.6) is 0 Å². The van der Waals surface area contributed by atoms with Crippen molar-refractivity contribution in [1.29, 1.82) is 0 Å². The van der Waals surface area contributed by atoms with Gasteiger partial charge in [0, 0.05) is 6.20 Å². The third kappa shape index (κ3) is 4.89. The molecule has 1 aliphatic rings. The van der Waals surface area contributed by atoms with Gasteiger partial charge in [0.25, 0.3) is 0 Å². The van der Waals surface area contributed by atoms with Crippen molar-refractivity contribution in [1.82, 2.24) is 4.98 Å². The van der Waals surface area contributed by atoms with E-state index in [1.165, 1.54) is 0 Å². The Bertz CT molecular complexity index is 652. The number of carbonyl (C=O) groups excluding carboxylic acids is 2. The number of ether oxygens (including phenoxy) is 1. The maximum atomic E-state index is 11.9. The van der Waals surface area contributed by atoms with E-state index in [4.69, 9.17) is 4.74 Å². The fraction of sp³-hybridized carbons (Fsp3) is 0.368. The number of hydrogen-bond donors (Lipinski definition) is 1. The summed E-state index contributed by atoms with van der Waals surface area (Å²) in [6.45, 7) is 5.76. The van der Waals surface area contributed by atoms with E-state index in [1.807, 2.05) is 25.2 Å². The quantitative estimate of drug-likeness (QED) is 0.261. The van der Waals surface area contributed by atoms with Crippen molar-refractivity contribution in [3.05, 3.63) is 59.5 Å². The van der Waals surface area contributed by atoms with Crippen LogP contribution in [0.25, 0.3) is 0 Å². The highest BCUT2D eigenvalue weighted by Gasteiger charge is 2.49. The van der Waals surface area contributed by atoms with Crippen molar-refractivity contribution in [3.8, 4) is 0 Å². The molecule has 4 nitrogen and oxygen atoms in total. The van der Waals surface area contributed by atoms with Gasteiger partial charge in [-0.3, -0.25) is 9.59 Å². The Balaban J connectivity index is 1.84. The van der Waals surface area contributed by atoms with Gasteiger partial charge < -0.3 is 9.72 Å². The van der Waals surface area contributed by atoms with Crippen LogP contribution in [-0.4, -0.2) is 28.8 Å². The van der Waals surface area contributed by atoms with Crippen LogP contribution in [0.3, 0.4) is 0 Å². The zero-order chi connectivity index (χ0) is 16.9.